The monoisotopic (exact) mass is 476 g/mol. The van der Waals surface area contributed by atoms with Gasteiger partial charge in [-0.1, -0.05) is 52.8 Å². The summed E-state index contributed by atoms with van der Waals surface area (Å²) in [6.45, 7) is 17.1. The first kappa shape index (κ1) is 26.2. The molecule has 3 rings (SSSR count). The molecular weight excluding hydrogens is 432 g/mol. The second-order valence-electron chi connectivity index (χ2n) is 12.1. The molecule has 0 amide bonds. The fourth-order valence-electron chi connectivity index (χ4n) is 5.52. The Morgan fingerprint density at radius 2 is 1.88 bits per heavy atom. The third-order valence-electron chi connectivity index (χ3n) is 8.22. The van der Waals surface area contributed by atoms with E-state index in [0.717, 1.165) is 25.7 Å². The van der Waals surface area contributed by atoms with Crippen molar-refractivity contribution in [2.45, 2.75) is 110 Å². The van der Waals surface area contributed by atoms with Gasteiger partial charge in [-0.25, -0.2) is 0 Å². The zero-order chi connectivity index (χ0) is 24.6. The van der Waals surface area contributed by atoms with E-state index < -0.39 is 8.32 Å². The maximum absolute atomic E-state index is 12.4. The molecule has 0 aromatic heterocycles. The van der Waals surface area contributed by atoms with Gasteiger partial charge in [-0.3, -0.25) is 9.59 Å². The van der Waals surface area contributed by atoms with E-state index in [1.54, 1.807) is 0 Å². The van der Waals surface area contributed by atoms with Crippen LogP contribution in [0.15, 0.2) is 23.8 Å². The van der Waals surface area contributed by atoms with E-state index in [9.17, 15) is 9.59 Å². The predicted octanol–water partition coefficient (Wildman–Crippen LogP) is 6.20. The molecule has 0 bridgehead atoms. The van der Waals surface area contributed by atoms with Crippen LogP contribution in [0.1, 0.15) is 73.6 Å². The van der Waals surface area contributed by atoms with Gasteiger partial charge in [-0.2, -0.15) is 0 Å². The summed E-state index contributed by atoms with van der Waals surface area (Å²) in [6, 6.07) is 0. The molecule has 2 aliphatic carbocycles. The van der Waals surface area contributed by atoms with Gasteiger partial charge >= 0.3 is 11.9 Å². The fraction of sp³-hybridized carbons (Fsp3) is 0.778. The summed E-state index contributed by atoms with van der Waals surface area (Å²) in [5.74, 6) is 1.00. The summed E-state index contributed by atoms with van der Waals surface area (Å²) in [4.78, 5) is 24.2. The number of cyclic esters (lactones) is 1. The molecule has 0 N–H and O–H groups in total. The van der Waals surface area contributed by atoms with Crippen molar-refractivity contribution in [2.75, 3.05) is 0 Å². The van der Waals surface area contributed by atoms with Gasteiger partial charge in [0.2, 0.25) is 0 Å². The first-order chi connectivity index (χ1) is 15.3. The van der Waals surface area contributed by atoms with Crippen molar-refractivity contribution in [3.8, 4) is 0 Å². The molecule has 7 atom stereocenters. The molecule has 33 heavy (non-hydrogen) atoms. The van der Waals surface area contributed by atoms with E-state index in [2.05, 4.69) is 65.9 Å². The van der Waals surface area contributed by atoms with Crippen LogP contribution in [0.4, 0.5) is 0 Å². The number of allylic oxidation sites excluding steroid dienone is 3. The zero-order valence-electron chi connectivity index (χ0n) is 21.9. The lowest BCUT2D eigenvalue weighted by Gasteiger charge is -2.44. The third-order valence-corrected chi connectivity index (χ3v) is 12.8. The van der Waals surface area contributed by atoms with Gasteiger partial charge in [0.1, 0.15) is 12.2 Å². The Kier molecular flexibility index (Phi) is 7.99. The molecule has 3 aliphatic rings. The van der Waals surface area contributed by atoms with E-state index in [0.29, 0.717) is 24.2 Å². The Hall–Kier alpha value is -1.40. The van der Waals surface area contributed by atoms with Crippen molar-refractivity contribution in [2.24, 2.45) is 23.7 Å². The molecule has 186 valence electrons. The van der Waals surface area contributed by atoms with Gasteiger partial charge in [0.25, 0.3) is 0 Å². The SMILES string of the molecule is CC(=O)O[C@H]1C[C@@H](C)C=C2C=C[C@H](C)[C@H](CC[C@@H]3C[C@@H](O[Si](C)(C)C(C)(C)C)CC(=O)O3)[C@H]21. The summed E-state index contributed by atoms with van der Waals surface area (Å²) in [7, 11) is -1.95. The average molecular weight is 477 g/mol. The lowest BCUT2D eigenvalue weighted by Crippen LogP contribution is -2.47. The van der Waals surface area contributed by atoms with E-state index >= 15 is 0 Å². The van der Waals surface area contributed by atoms with Crippen LogP contribution in [0.3, 0.4) is 0 Å². The third kappa shape index (κ3) is 6.39. The number of fused-ring (bicyclic) bond motifs is 1. The highest BCUT2D eigenvalue weighted by Gasteiger charge is 2.43. The Morgan fingerprint density at radius 1 is 1.18 bits per heavy atom. The van der Waals surface area contributed by atoms with E-state index in [1.165, 1.54) is 12.5 Å². The molecule has 1 saturated heterocycles. The zero-order valence-corrected chi connectivity index (χ0v) is 22.9. The Labute approximate surface area is 201 Å². The minimum absolute atomic E-state index is 0.0550. The first-order valence-electron chi connectivity index (χ1n) is 12.7. The second kappa shape index (κ2) is 10.1. The van der Waals surface area contributed by atoms with Crippen LogP contribution in [-0.2, 0) is 23.5 Å². The van der Waals surface area contributed by atoms with Crippen LogP contribution in [0.25, 0.3) is 0 Å². The smallest absolute Gasteiger partial charge is 0.308 e. The van der Waals surface area contributed by atoms with Gasteiger partial charge < -0.3 is 13.9 Å². The lowest BCUT2D eigenvalue weighted by molar-refractivity contribution is -0.160. The van der Waals surface area contributed by atoms with Gasteiger partial charge in [0, 0.05) is 19.3 Å². The summed E-state index contributed by atoms with van der Waals surface area (Å²) < 4.78 is 18.1. The molecular formula is C27H44O5Si. The number of hydrogen-bond acceptors (Lipinski definition) is 5. The Balaban J connectivity index is 1.69. The van der Waals surface area contributed by atoms with Crippen molar-refractivity contribution in [3.63, 3.8) is 0 Å². The highest BCUT2D eigenvalue weighted by molar-refractivity contribution is 6.74. The Morgan fingerprint density at radius 3 is 2.52 bits per heavy atom. The van der Waals surface area contributed by atoms with Gasteiger partial charge in [-0.15, -0.1) is 0 Å². The molecule has 0 spiro atoms. The van der Waals surface area contributed by atoms with Crippen molar-refractivity contribution in [1.29, 1.82) is 0 Å². The minimum atomic E-state index is -1.95. The van der Waals surface area contributed by atoms with Gasteiger partial charge in [-0.05, 0) is 60.7 Å². The molecule has 0 aromatic carbocycles. The topological polar surface area (TPSA) is 61.8 Å². The molecule has 0 radical (unpaired) electrons. The number of esters is 2. The molecule has 0 unspecified atom stereocenters. The second-order valence-corrected chi connectivity index (χ2v) is 16.8. The van der Waals surface area contributed by atoms with Crippen LogP contribution in [0, 0.1) is 23.7 Å². The normalized spacial score (nSPS) is 34.8. The number of carbonyl (C=O) groups is 2. The number of rotatable bonds is 6. The minimum Gasteiger partial charge on any atom is -0.462 e. The standard InChI is InChI=1S/C27H44O5Si/c1-17-13-20-10-9-18(2)23(26(20)24(14-17)30-19(3)28)12-11-21-15-22(16-25(29)31-21)32-33(7,8)27(4,5)6/h9-10,13,17-18,21-24,26H,11-12,14-16H2,1-8H3/t17-,18-,21+,22+,23-,24-,26-/m0/s1. The molecule has 1 fully saturated rings. The largest absolute Gasteiger partial charge is 0.462 e. The van der Waals surface area contributed by atoms with Crippen LogP contribution < -0.4 is 0 Å². The van der Waals surface area contributed by atoms with Crippen LogP contribution in [0.5, 0.6) is 0 Å². The van der Waals surface area contributed by atoms with Crippen molar-refractivity contribution < 1.29 is 23.5 Å². The molecule has 0 saturated carbocycles. The quantitative estimate of drug-likeness (QED) is 0.337. The summed E-state index contributed by atoms with van der Waals surface area (Å²) in [6.07, 6.45) is 10.3. The Bertz CT molecular complexity index is 793. The van der Waals surface area contributed by atoms with Gasteiger partial charge in [0.15, 0.2) is 8.32 Å². The molecule has 1 heterocycles. The maximum Gasteiger partial charge on any atom is 0.308 e. The average Bonchev–Trinajstić information content (AvgIpc) is 2.65. The molecule has 6 heteroatoms. The highest BCUT2D eigenvalue weighted by atomic mass is 28.4. The van der Waals surface area contributed by atoms with Crippen LogP contribution >= 0.6 is 0 Å². The number of hydrogen-bond donors (Lipinski definition) is 0. The molecule has 0 aromatic rings. The van der Waals surface area contributed by atoms with Crippen molar-refractivity contribution in [1.82, 2.24) is 0 Å². The maximum atomic E-state index is 12.4. The molecule has 1 aliphatic heterocycles. The van der Waals surface area contributed by atoms with Crippen molar-refractivity contribution in [3.05, 3.63) is 23.8 Å². The number of ether oxygens (including phenoxy) is 2. The van der Waals surface area contributed by atoms with Crippen LogP contribution in [-0.4, -0.2) is 38.6 Å². The number of carbonyl (C=O) groups excluding carboxylic acids is 2. The predicted molar refractivity (Wildman–Crippen MR) is 133 cm³/mol. The lowest BCUT2D eigenvalue weighted by atomic mass is 9.65. The van der Waals surface area contributed by atoms with Crippen LogP contribution in [0.2, 0.25) is 18.1 Å². The molecule has 5 nitrogen and oxygen atoms in total. The van der Waals surface area contributed by atoms with E-state index in [4.69, 9.17) is 13.9 Å². The first-order valence-corrected chi connectivity index (χ1v) is 15.6. The summed E-state index contributed by atoms with van der Waals surface area (Å²) >= 11 is 0. The fourth-order valence-corrected chi connectivity index (χ4v) is 6.88. The van der Waals surface area contributed by atoms with E-state index in [-0.39, 0.29) is 41.2 Å². The summed E-state index contributed by atoms with van der Waals surface area (Å²) in [5, 5.41) is 0.111. The highest BCUT2D eigenvalue weighted by Crippen LogP contribution is 2.45. The van der Waals surface area contributed by atoms with E-state index in [1.807, 2.05) is 0 Å². The summed E-state index contributed by atoms with van der Waals surface area (Å²) in [5.41, 5.74) is 1.29. The van der Waals surface area contributed by atoms with Gasteiger partial charge in [0.05, 0.1) is 12.5 Å². The van der Waals surface area contributed by atoms with Crippen molar-refractivity contribution >= 4 is 20.3 Å².